The van der Waals surface area contributed by atoms with Crippen molar-refractivity contribution < 1.29 is 13.9 Å². The maximum atomic E-state index is 11.0. The molecule has 6 heteroatoms. The molecule has 0 aromatic carbocycles. The molecule has 1 heterocycles. The highest BCUT2D eigenvalue weighted by Gasteiger charge is 2.13. The first-order valence-corrected chi connectivity index (χ1v) is 5.60. The molecule has 1 atom stereocenters. The fraction of sp³-hybridized carbons (Fsp3) is 0.556. The summed E-state index contributed by atoms with van der Waals surface area (Å²) in [6, 6.07) is -0.577. The summed E-state index contributed by atoms with van der Waals surface area (Å²) >= 11 is 1.53. The summed E-state index contributed by atoms with van der Waals surface area (Å²) in [5.74, 6) is 1.61. The number of rotatable bonds is 5. The van der Waals surface area contributed by atoms with Gasteiger partial charge >= 0.3 is 5.97 Å². The van der Waals surface area contributed by atoms with Gasteiger partial charge in [-0.3, -0.25) is 4.79 Å². The summed E-state index contributed by atoms with van der Waals surface area (Å²) in [4.78, 5) is 15.0. The molecule has 0 saturated heterocycles. The van der Waals surface area contributed by atoms with E-state index in [-0.39, 0.29) is 5.97 Å². The van der Waals surface area contributed by atoms with Crippen LogP contribution in [-0.2, 0) is 15.3 Å². The van der Waals surface area contributed by atoms with Crippen LogP contribution in [0.5, 0.6) is 0 Å². The molecule has 2 N–H and O–H groups in total. The van der Waals surface area contributed by atoms with E-state index >= 15 is 0 Å². The zero-order valence-electron chi connectivity index (χ0n) is 8.73. The maximum Gasteiger partial charge on any atom is 0.323 e. The predicted molar refractivity (Wildman–Crippen MR) is 57.4 cm³/mol. The number of carbonyl (C=O) groups excluding carboxylic acids is 1. The number of carbonyl (C=O) groups is 1. The van der Waals surface area contributed by atoms with E-state index in [1.54, 1.807) is 0 Å². The molecule has 0 aliphatic heterocycles. The smallest absolute Gasteiger partial charge is 0.323 e. The number of nitrogens with zero attached hydrogens (tertiary/aromatic N) is 1. The van der Waals surface area contributed by atoms with Crippen molar-refractivity contribution in [2.24, 2.45) is 5.73 Å². The molecule has 0 aliphatic carbocycles. The summed E-state index contributed by atoms with van der Waals surface area (Å²) in [7, 11) is 1.33. The molecule has 0 fully saturated rings. The van der Waals surface area contributed by atoms with Crippen LogP contribution in [0.25, 0.3) is 0 Å². The number of nitrogens with two attached hydrogens (primary N) is 1. The Balaban J connectivity index is 2.28. The van der Waals surface area contributed by atoms with Crippen LogP contribution in [0.4, 0.5) is 0 Å². The molecule has 1 unspecified atom stereocenters. The van der Waals surface area contributed by atoms with Crippen molar-refractivity contribution in [3.8, 4) is 0 Å². The highest BCUT2D eigenvalue weighted by atomic mass is 32.2. The molecule has 0 amide bonds. The summed E-state index contributed by atoms with van der Waals surface area (Å²) in [6.07, 6.45) is 1.41. The standard InChI is InChI=1S/C9H14N2O3S/c1-6-8(11-5-14-6)4-15-3-7(10)9(12)13-2/h5,7H,3-4,10H2,1-2H3. The van der Waals surface area contributed by atoms with Crippen molar-refractivity contribution in [1.82, 2.24) is 4.98 Å². The molecule has 1 rings (SSSR count). The van der Waals surface area contributed by atoms with E-state index in [9.17, 15) is 4.79 Å². The third-order valence-corrected chi connectivity index (χ3v) is 2.96. The quantitative estimate of drug-likeness (QED) is 0.751. The number of oxazole rings is 1. The minimum absolute atomic E-state index is 0.389. The Morgan fingerprint density at radius 2 is 2.53 bits per heavy atom. The summed E-state index contributed by atoms with van der Waals surface area (Å²) in [6.45, 7) is 1.85. The zero-order valence-corrected chi connectivity index (χ0v) is 9.54. The minimum Gasteiger partial charge on any atom is -0.468 e. The number of aryl methyl sites for hydroxylation is 1. The van der Waals surface area contributed by atoms with E-state index in [0.29, 0.717) is 11.5 Å². The number of aromatic nitrogens is 1. The first-order valence-electron chi connectivity index (χ1n) is 4.45. The fourth-order valence-electron chi connectivity index (χ4n) is 0.969. The van der Waals surface area contributed by atoms with Crippen LogP contribution < -0.4 is 5.73 Å². The van der Waals surface area contributed by atoms with E-state index in [4.69, 9.17) is 10.2 Å². The molecule has 15 heavy (non-hydrogen) atoms. The average molecular weight is 230 g/mol. The van der Waals surface area contributed by atoms with Gasteiger partial charge < -0.3 is 14.9 Å². The number of hydrogen-bond donors (Lipinski definition) is 1. The average Bonchev–Trinajstić information content (AvgIpc) is 2.63. The van der Waals surface area contributed by atoms with Crippen LogP contribution in [0.1, 0.15) is 11.5 Å². The normalized spacial score (nSPS) is 12.5. The Morgan fingerprint density at radius 3 is 3.07 bits per heavy atom. The van der Waals surface area contributed by atoms with Gasteiger partial charge in [0, 0.05) is 11.5 Å². The van der Waals surface area contributed by atoms with Crippen LogP contribution in [0.3, 0.4) is 0 Å². The Labute approximate surface area is 92.4 Å². The van der Waals surface area contributed by atoms with Gasteiger partial charge in [0.25, 0.3) is 0 Å². The van der Waals surface area contributed by atoms with Crippen LogP contribution in [0.2, 0.25) is 0 Å². The van der Waals surface area contributed by atoms with Crippen molar-refractivity contribution >= 4 is 17.7 Å². The number of methoxy groups -OCH3 is 1. The van der Waals surface area contributed by atoms with Gasteiger partial charge in [0.15, 0.2) is 6.39 Å². The predicted octanol–water partition coefficient (Wildman–Crippen LogP) is 0.717. The van der Waals surface area contributed by atoms with Crippen LogP contribution >= 0.6 is 11.8 Å². The van der Waals surface area contributed by atoms with E-state index in [0.717, 1.165) is 11.5 Å². The summed E-state index contributed by atoms with van der Waals surface area (Å²) in [5.41, 5.74) is 6.45. The SMILES string of the molecule is COC(=O)C(N)CSCc1ncoc1C. The topological polar surface area (TPSA) is 78.4 Å². The van der Waals surface area contributed by atoms with Crippen LogP contribution in [0, 0.1) is 6.92 Å². The summed E-state index contributed by atoms with van der Waals surface area (Å²) in [5, 5.41) is 0. The lowest BCUT2D eigenvalue weighted by molar-refractivity contribution is -0.141. The van der Waals surface area contributed by atoms with Gasteiger partial charge in [-0.15, -0.1) is 0 Å². The summed E-state index contributed by atoms with van der Waals surface area (Å²) < 4.78 is 9.56. The lowest BCUT2D eigenvalue weighted by Crippen LogP contribution is -2.33. The first kappa shape index (κ1) is 12.1. The molecule has 0 spiro atoms. The molecule has 0 bridgehead atoms. The van der Waals surface area contributed by atoms with Crippen molar-refractivity contribution in [3.63, 3.8) is 0 Å². The Morgan fingerprint density at radius 1 is 1.80 bits per heavy atom. The molecular formula is C9H14N2O3S. The van der Waals surface area contributed by atoms with Gasteiger partial charge in [0.2, 0.25) is 0 Å². The lowest BCUT2D eigenvalue weighted by Gasteiger charge is -2.07. The van der Waals surface area contributed by atoms with E-state index in [2.05, 4.69) is 9.72 Å². The lowest BCUT2D eigenvalue weighted by atomic mass is 10.4. The molecule has 1 aromatic heterocycles. The molecule has 0 aliphatic rings. The molecular weight excluding hydrogens is 216 g/mol. The third-order valence-electron chi connectivity index (χ3n) is 1.88. The van der Waals surface area contributed by atoms with Crippen molar-refractivity contribution in [3.05, 3.63) is 17.8 Å². The van der Waals surface area contributed by atoms with Gasteiger partial charge in [0.1, 0.15) is 11.8 Å². The van der Waals surface area contributed by atoms with Gasteiger partial charge in [-0.1, -0.05) is 0 Å². The van der Waals surface area contributed by atoms with E-state index in [1.165, 1.54) is 25.3 Å². The number of ether oxygens (including phenoxy) is 1. The Bertz CT molecular complexity index is 327. The number of thioether (sulfide) groups is 1. The fourth-order valence-corrected chi connectivity index (χ4v) is 1.95. The number of hydrogen-bond acceptors (Lipinski definition) is 6. The second-order valence-electron chi connectivity index (χ2n) is 3.00. The second kappa shape index (κ2) is 5.77. The number of esters is 1. The molecule has 84 valence electrons. The maximum absolute atomic E-state index is 11.0. The van der Waals surface area contributed by atoms with Crippen LogP contribution in [0.15, 0.2) is 10.8 Å². The van der Waals surface area contributed by atoms with Gasteiger partial charge in [0.05, 0.1) is 12.8 Å². The van der Waals surface area contributed by atoms with Crippen molar-refractivity contribution in [2.45, 2.75) is 18.7 Å². The largest absolute Gasteiger partial charge is 0.468 e. The third kappa shape index (κ3) is 3.56. The highest BCUT2D eigenvalue weighted by Crippen LogP contribution is 2.14. The molecule has 5 nitrogen and oxygen atoms in total. The second-order valence-corrected chi connectivity index (χ2v) is 4.03. The van der Waals surface area contributed by atoms with Gasteiger partial charge in [-0.2, -0.15) is 11.8 Å². The van der Waals surface area contributed by atoms with E-state index in [1.807, 2.05) is 6.92 Å². The molecule has 0 radical (unpaired) electrons. The molecule has 0 saturated carbocycles. The van der Waals surface area contributed by atoms with Crippen molar-refractivity contribution in [1.29, 1.82) is 0 Å². The van der Waals surface area contributed by atoms with Crippen LogP contribution in [-0.4, -0.2) is 29.9 Å². The van der Waals surface area contributed by atoms with Gasteiger partial charge in [-0.25, -0.2) is 4.98 Å². The Kier molecular flexibility index (Phi) is 4.64. The van der Waals surface area contributed by atoms with Gasteiger partial charge in [-0.05, 0) is 6.92 Å². The molecule has 1 aromatic rings. The Hall–Kier alpha value is -1.01. The van der Waals surface area contributed by atoms with Crippen molar-refractivity contribution in [2.75, 3.05) is 12.9 Å². The first-order chi connectivity index (χ1) is 7.15. The monoisotopic (exact) mass is 230 g/mol. The highest BCUT2D eigenvalue weighted by molar-refractivity contribution is 7.98. The minimum atomic E-state index is -0.577. The van der Waals surface area contributed by atoms with E-state index < -0.39 is 6.04 Å². The zero-order chi connectivity index (χ0) is 11.3.